The van der Waals surface area contributed by atoms with Gasteiger partial charge < -0.3 is 5.32 Å². The number of fused-ring (bicyclic) bond motifs is 3. The third-order valence-electron chi connectivity index (χ3n) is 7.89. The van der Waals surface area contributed by atoms with E-state index in [2.05, 4.69) is 37.4 Å². The van der Waals surface area contributed by atoms with Gasteiger partial charge in [0, 0.05) is 33.8 Å². The average Bonchev–Trinajstić information content (AvgIpc) is 3.08. The molecule has 0 aromatic heterocycles. The molecule has 3 aliphatic rings. The van der Waals surface area contributed by atoms with E-state index in [4.69, 9.17) is 23.2 Å². The molecule has 2 aromatic rings. The summed E-state index contributed by atoms with van der Waals surface area (Å²) < 4.78 is 0. The van der Waals surface area contributed by atoms with Crippen LogP contribution in [0.5, 0.6) is 0 Å². The first-order valence-electron chi connectivity index (χ1n) is 10.6. The van der Waals surface area contributed by atoms with Crippen LogP contribution in [-0.4, -0.2) is 11.7 Å². The summed E-state index contributed by atoms with van der Waals surface area (Å²) in [7, 11) is 0. The number of halogens is 2. The number of ketones is 1. The maximum atomic E-state index is 13.7. The fraction of sp³-hybridized carbons (Fsp3) is 0.440. The third-order valence-corrected chi connectivity index (χ3v) is 8.48. The van der Waals surface area contributed by atoms with Crippen LogP contribution in [-0.2, 0) is 16.1 Å². The third kappa shape index (κ3) is 2.78. The molecule has 4 unspecified atom stereocenters. The van der Waals surface area contributed by atoms with Crippen molar-refractivity contribution in [3.05, 3.63) is 68.7 Å². The fourth-order valence-corrected chi connectivity index (χ4v) is 7.00. The van der Waals surface area contributed by atoms with E-state index >= 15 is 0 Å². The summed E-state index contributed by atoms with van der Waals surface area (Å²) in [4.78, 5) is 26.7. The number of hydrogen-bond donors (Lipinski definition) is 1. The Morgan fingerprint density at radius 1 is 1.23 bits per heavy atom. The number of Topliss-reactive ketones (excluding diaryl/α,β-unsaturated/α-hetero) is 1. The molecule has 0 radical (unpaired) electrons. The summed E-state index contributed by atoms with van der Waals surface area (Å²) in [5, 5.41) is 4.25. The van der Waals surface area contributed by atoms with Crippen LogP contribution in [0.25, 0.3) is 0 Å². The van der Waals surface area contributed by atoms with Crippen molar-refractivity contribution in [3.63, 3.8) is 0 Å². The highest BCUT2D eigenvalue weighted by Crippen LogP contribution is 2.71. The summed E-state index contributed by atoms with van der Waals surface area (Å²) >= 11 is 12.3. The Morgan fingerprint density at radius 2 is 2.03 bits per heavy atom. The molecule has 1 spiro atoms. The second-order valence-corrected chi connectivity index (χ2v) is 10.5. The average molecular weight is 442 g/mol. The SMILES string of the molecule is Cc1cccc2c1C(C(=O)NCc1ccc(Cl)cc1Cl)C13CC(=O)C(C)(CCC21)C3. The first-order valence-corrected chi connectivity index (χ1v) is 11.4. The Morgan fingerprint density at radius 3 is 2.80 bits per heavy atom. The summed E-state index contributed by atoms with van der Waals surface area (Å²) in [6.07, 6.45) is 3.20. The van der Waals surface area contributed by atoms with Gasteiger partial charge in [-0.05, 0) is 66.5 Å². The van der Waals surface area contributed by atoms with E-state index in [1.807, 2.05) is 6.07 Å². The van der Waals surface area contributed by atoms with Gasteiger partial charge in [-0.25, -0.2) is 0 Å². The molecule has 3 nitrogen and oxygen atoms in total. The van der Waals surface area contributed by atoms with Crippen LogP contribution >= 0.6 is 23.2 Å². The maximum Gasteiger partial charge on any atom is 0.228 e. The van der Waals surface area contributed by atoms with Crippen LogP contribution in [0.1, 0.15) is 66.7 Å². The molecule has 2 saturated carbocycles. The number of carbonyl (C=O) groups is 2. The van der Waals surface area contributed by atoms with Crippen LogP contribution < -0.4 is 5.32 Å². The summed E-state index contributed by atoms with van der Waals surface area (Å²) in [5.74, 6) is 0.310. The van der Waals surface area contributed by atoms with Gasteiger partial charge >= 0.3 is 0 Å². The van der Waals surface area contributed by atoms with Gasteiger partial charge in [0.05, 0.1) is 5.92 Å². The molecule has 0 saturated heterocycles. The van der Waals surface area contributed by atoms with Crippen LogP contribution in [0.3, 0.4) is 0 Å². The minimum atomic E-state index is -0.299. The van der Waals surface area contributed by atoms with Crippen molar-refractivity contribution in [2.45, 2.75) is 57.9 Å². The number of nitrogens with one attached hydrogen (secondary N) is 1. The van der Waals surface area contributed by atoms with E-state index in [1.54, 1.807) is 12.1 Å². The molecule has 1 amide bonds. The Labute approximate surface area is 187 Å². The number of rotatable bonds is 3. The van der Waals surface area contributed by atoms with E-state index in [9.17, 15) is 9.59 Å². The highest BCUT2D eigenvalue weighted by Gasteiger charge is 2.66. The standard InChI is InChI=1S/C25H25Cl2NO2/c1-14-4-3-5-17-18-8-9-24(2)13-25(18,11-20(24)29)22(21(14)17)23(30)28-12-15-6-7-16(26)10-19(15)27/h3-7,10,18,22H,8-9,11-13H2,1-2H3,(H,28,30). The monoisotopic (exact) mass is 441 g/mol. The van der Waals surface area contributed by atoms with Crippen LogP contribution in [0, 0.1) is 17.8 Å². The second-order valence-electron chi connectivity index (χ2n) is 9.63. The Bertz CT molecular complexity index is 1080. The van der Waals surface area contributed by atoms with Crippen molar-refractivity contribution in [1.82, 2.24) is 5.32 Å². The maximum absolute atomic E-state index is 13.7. The molecule has 5 rings (SSSR count). The van der Waals surface area contributed by atoms with Crippen molar-refractivity contribution in [2.24, 2.45) is 10.8 Å². The minimum Gasteiger partial charge on any atom is -0.351 e. The molecule has 1 N–H and O–H groups in total. The number of aryl methyl sites for hydroxylation is 1. The van der Waals surface area contributed by atoms with Gasteiger partial charge in [0.2, 0.25) is 5.91 Å². The largest absolute Gasteiger partial charge is 0.351 e. The minimum absolute atomic E-state index is 0.00184. The summed E-state index contributed by atoms with van der Waals surface area (Å²) in [5.41, 5.74) is 3.80. The highest BCUT2D eigenvalue weighted by atomic mass is 35.5. The summed E-state index contributed by atoms with van der Waals surface area (Å²) in [6, 6.07) is 11.6. The van der Waals surface area contributed by atoms with Crippen molar-refractivity contribution in [1.29, 1.82) is 0 Å². The number of carbonyl (C=O) groups excluding carboxylic acids is 2. The lowest BCUT2D eigenvalue weighted by atomic mass is 9.60. The van der Waals surface area contributed by atoms with Crippen LogP contribution in [0.2, 0.25) is 10.0 Å². The quantitative estimate of drug-likeness (QED) is 0.639. The molecule has 3 aliphatic carbocycles. The molecule has 2 bridgehead atoms. The van der Waals surface area contributed by atoms with Crippen LogP contribution in [0.15, 0.2) is 36.4 Å². The second kappa shape index (κ2) is 6.83. The molecule has 2 aromatic carbocycles. The lowest BCUT2D eigenvalue weighted by Gasteiger charge is -2.42. The summed E-state index contributed by atoms with van der Waals surface area (Å²) in [6.45, 7) is 4.52. The predicted octanol–water partition coefficient (Wildman–Crippen LogP) is 5.95. The molecule has 0 aliphatic heterocycles. The molecule has 156 valence electrons. The van der Waals surface area contributed by atoms with Gasteiger partial charge in [-0.15, -0.1) is 0 Å². The number of benzene rings is 2. The Balaban J connectivity index is 1.52. The van der Waals surface area contributed by atoms with E-state index in [1.165, 1.54) is 5.56 Å². The molecular weight excluding hydrogens is 417 g/mol. The molecular formula is C25H25Cl2NO2. The van der Waals surface area contributed by atoms with E-state index in [0.29, 0.717) is 28.8 Å². The van der Waals surface area contributed by atoms with Gasteiger partial charge in [-0.1, -0.05) is 54.4 Å². The lowest BCUT2D eigenvalue weighted by molar-refractivity contribution is -0.126. The van der Waals surface area contributed by atoms with Gasteiger partial charge in [0.1, 0.15) is 5.78 Å². The normalized spacial score (nSPS) is 31.4. The molecule has 2 fully saturated rings. The molecule has 0 heterocycles. The predicted molar refractivity (Wildman–Crippen MR) is 119 cm³/mol. The highest BCUT2D eigenvalue weighted by molar-refractivity contribution is 6.35. The van der Waals surface area contributed by atoms with Crippen LogP contribution in [0.4, 0.5) is 0 Å². The van der Waals surface area contributed by atoms with Crippen molar-refractivity contribution in [2.75, 3.05) is 0 Å². The van der Waals surface area contributed by atoms with E-state index in [-0.39, 0.29) is 28.6 Å². The first-order chi connectivity index (χ1) is 14.2. The molecule has 5 heteroatoms. The van der Waals surface area contributed by atoms with Gasteiger partial charge in [-0.2, -0.15) is 0 Å². The lowest BCUT2D eigenvalue weighted by Crippen LogP contribution is -2.40. The van der Waals surface area contributed by atoms with Gasteiger partial charge in [0.25, 0.3) is 0 Å². The molecule has 30 heavy (non-hydrogen) atoms. The topological polar surface area (TPSA) is 46.2 Å². The number of amides is 1. The fourth-order valence-electron chi connectivity index (χ4n) is 6.53. The zero-order valence-electron chi connectivity index (χ0n) is 17.2. The van der Waals surface area contributed by atoms with Crippen molar-refractivity contribution < 1.29 is 9.59 Å². The zero-order valence-corrected chi connectivity index (χ0v) is 18.7. The van der Waals surface area contributed by atoms with Crippen molar-refractivity contribution in [3.8, 4) is 0 Å². The smallest absolute Gasteiger partial charge is 0.228 e. The van der Waals surface area contributed by atoms with E-state index < -0.39 is 0 Å². The van der Waals surface area contributed by atoms with E-state index in [0.717, 1.165) is 36.0 Å². The molecule has 4 atom stereocenters. The van der Waals surface area contributed by atoms with Gasteiger partial charge in [-0.3, -0.25) is 9.59 Å². The zero-order chi connectivity index (χ0) is 21.3. The Hall–Kier alpha value is -1.84. The number of hydrogen-bond acceptors (Lipinski definition) is 2. The first kappa shape index (κ1) is 20.1. The van der Waals surface area contributed by atoms with Gasteiger partial charge in [0.15, 0.2) is 0 Å². The van der Waals surface area contributed by atoms with Crippen molar-refractivity contribution >= 4 is 34.9 Å². The Kier molecular flexibility index (Phi) is 4.57.